The molecule has 0 aliphatic heterocycles. The summed E-state index contributed by atoms with van der Waals surface area (Å²) in [5.41, 5.74) is 5.03. The zero-order valence-corrected chi connectivity index (χ0v) is 17.5. The van der Waals surface area contributed by atoms with E-state index in [1.807, 2.05) is 58.3 Å². The molecule has 0 aliphatic carbocycles. The van der Waals surface area contributed by atoms with Crippen LogP contribution in [-0.2, 0) is 24.3 Å². The number of benzene rings is 2. The molecule has 2 aromatic carbocycles. The Morgan fingerprint density at radius 2 is 1.72 bits per heavy atom. The van der Waals surface area contributed by atoms with Gasteiger partial charge in [-0.3, -0.25) is 4.79 Å². The first-order valence-corrected chi connectivity index (χ1v) is 9.85. The summed E-state index contributed by atoms with van der Waals surface area (Å²) in [7, 11) is 4.07. The van der Waals surface area contributed by atoms with Crippen LogP contribution in [0.2, 0.25) is 0 Å². The third kappa shape index (κ3) is 5.33. The summed E-state index contributed by atoms with van der Waals surface area (Å²) in [5.74, 6) is -0.0785. The van der Waals surface area contributed by atoms with Gasteiger partial charge in [0.1, 0.15) is 5.58 Å². The van der Waals surface area contributed by atoms with E-state index in [4.69, 9.17) is 4.42 Å². The van der Waals surface area contributed by atoms with Crippen LogP contribution in [0, 0.1) is 13.8 Å². The zero-order valence-electron chi connectivity index (χ0n) is 17.5. The van der Waals surface area contributed by atoms with Crippen molar-refractivity contribution < 1.29 is 9.21 Å². The van der Waals surface area contributed by atoms with Gasteiger partial charge >= 0.3 is 5.63 Å². The molecule has 152 valence electrons. The molecular formula is C24H28N2O3. The molecule has 0 saturated heterocycles. The fourth-order valence-corrected chi connectivity index (χ4v) is 3.45. The van der Waals surface area contributed by atoms with Gasteiger partial charge in [-0.15, -0.1) is 0 Å². The van der Waals surface area contributed by atoms with Crippen LogP contribution in [-0.4, -0.2) is 24.9 Å². The first-order valence-electron chi connectivity index (χ1n) is 9.85. The highest BCUT2D eigenvalue weighted by Gasteiger charge is 2.13. The molecule has 0 fully saturated rings. The van der Waals surface area contributed by atoms with E-state index in [9.17, 15) is 9.59 Å². The Balaban J connectivity index is 1.59. The Kier molecular flexibility index (Phi) is 6.49. The lowest BCUT2D eigenvalue weighted by molar-refractivity contribution is -0.121. The van der Waals surface area contributed by atoms with Gasteiger partial charge in [0, 0.05) is 30.5 Å². The molecule has 0 atom stereocenters. The number of fused-ring (bicyclic) bond motifs is 1. The minimum absolute atomic E-state index is 0.0785. The molecule has 0 spiro atoms. The average molecular weight is 392 g/mol. The summed E-state index contributed by atoms with van der Waals surface area (Å²) in [6.45, 7) is 5.24. The zero-order chi connectivity index (χ0) is 21.0. The van der Waals surface area contributed by atoms with Crippen LogP contribution in [0.5, 0.6) is 0 Å². The van der Waals surface area contributed by atoms with Gasteiger partial charge < -0.3 is 14.6 Å². The lowest BCUT2D eigenvalue weighted by Gasteiger charge is -2.11. The number of hydrogen-bond acceptors (Lipinski definition) is 4. The summed E-state index contributed by atoms with van der Waals surface area (Å²) >= 11 is 0. The number of nitrogens with zero attached hydrogens (tertiary/aromatic N) is 1. The monoisotopic (exact) mass is 392 g/mol. The van der Waals surface area contributed by atoms with Gasteiger partial charge in [0.2, 0.25) is 5.91 Å². The Bertz CT molecular complexity index is 1070. The molecule has 3 aromatic rings. The van der Waals surface area contributed by atoms with E-state index in [2.05, 4.69) is 22.3 Å². The van der Waals surface area contributed by atoms with E-state index < -0.39 is 0 Å². The lowest BCUT2D eigenvalue weighted by atomic mass is 10.0. The molecule has 5 heteroatoms. The Morgan fingerprint density at radius 3 is 2.41 bits per heavy atom. The SMILES string of the molecule is Cc1ccc2c(C)c(CCC(=O)NCc3ccc(CN(C)C)cc3)c(=O)oc2c1. The highest BCUT2D eigenvalue weighted by atomic mass is 16.4. The second-order valence-electron chi connectivity index (χ2n) is 7.82. The lowest BCUT2D eigenvalue weighted by Crippen LogP contribution is -2.24. The molecule has 1 aromatic heterocycles. The largest absolute Gasteiger partial charge is 0.423 e. The number of amides is 1. The molecule has 0 saturated carbocycles. The smallest absolute Gasteiger partial charge is 0.339 e. The average Bonchev–Trinajstić information content (AvgIpc) is 2.66. The van der Waals surface area contributed by atoms with Crippen LogP contribution in [0.15, 0.2) is 51.7 Å². The van der Waals surface area contributed by atoms with Crippen molar-refractivity contribution in [2.75, 3.05) is 14.1 Å². The maximum Gasteiger partial charge on any atom is 0.339 e. The van der Waals surface area contributed by atoms with E-state index in [-0.39, 0.29) is 18.0 Å². The first-order chi connectivity index (χ1) is 13.8. The molecule has 0 radical (unpaired) electrons. The highest BCUT2D eigenvalue weighted by molar-refractivity contribution is 5.82. The number of rotatable bonds is 7. The molecule has 3 rings (SSSR count). The van der Waals surface area contributed by atoms with Crippen LogP contribution < -0.4 is 10.9 Å². The Hall–Kier alpha value is -2.92. The molecule has 0 aliphatic rings. The van der Waals surface area contributed by atoms with Crippen LogP contribution in [0.3, 0.4) is 0 Å². The molecule has 0 bridgehead atoms. The highest BCUT2D eigenvalue weighted by Crippen LogP contribution is 2.21. The van der Waals surface area contributed by atoms with Gasteiger partial charge in [0.05, 0.1) is 0 Å². The van der Waals surface area contributed by atoms with E-state index in [0.717, 1.165) is 28.6 Å². The minimum Gasteiger partial charge on any atom is -0.423 e. The molecule has 1 N–H and O–H groups in total. The Morgan fingerprint density at radius 1 is 1.03 bits per heavy atom. The summed E-state index contributed by atoms with van der Waals surface area (Å²) in [6, 6.07) is 14.0. The standard InChI is InChI=1S/C24H28N2O3/c1-16-5-10-20-17(2)21(24(28)29-22(20)13-16)11-12-23(27)25-14-18-6-8-19(9-7-18)15-26(3)4/h5-10,13H,11-12,14-15H2,1-4H3,(H,25,27). The van der Waals surface area contributed by atoms with Crippen LogP contribution in [0.25, 0.3) is 11.0 Å². The predicted octanol–water partition coefficient (Wildman–Crippen LogP) is 3.72. The fourth-order valence-electron chi connectivity index (χ4n) is 3.45. The summed E-state index contributed by atoms with van der Waals surface area (Å²) in [5, 5.41) is 3.85. The maximum atomic E-state index is 12.4. The van der Waals surface area contributed by atoms with Gasteiger partial charge in [-0.1, -0.05) is 36.4 Å². The first kappa shape index (κ1) is 20.8. The fraction of sp³-hybridized carbons (Fsp3) is 0.333. The third-order valence-corrected chi connectivity index (χ3v) is 5.06. The van der Waals surface area contributed by atoms with Gasteiger partial charge in [-0.2, -0.15) is 0 Å². The van der Waals surface area contributed by atoms with Crippen LogP contribution in [0.1, 0.15) is 34.2 Å². The maximum absolute atomic E-state index is 12.4. The second kappa shape index (κ2) is 9.05. The number of aryl methyl sites for hydroxylation is 2. The van der Waals surface area contributed by atoms with Gasteiger partial charge in [0.15, 0.2) is 0 Å². The second-order valence-corrected chi connectivity index (χ2v) is 7.82. The molecule has 1 heterocycles. The molecule has 29 heavy (non-hydrogen) atoms. The van der Waals surface area contributed by atoms with Crippen molar-refractivity contribution in [1.29, 1.82) is 0 Å². The molecular weight excluding hydrogens is 364 g/mol. The van der Waals surface area contributed by atoms with Crippen LogP contribution in [0.4, 0.5) is 0 Å². The number of carbonyl (C=O) groups is 1. The summed E-state index contributed by atoms with van der Waals surface area (Å²) in [4.78, 5) is 26.8. The summed E-state index contributed by atoms with van der Waals surface area (Å²) in [6.07, 6.45) is 0.618. The van der Waals surface area contributed by atoms with Gasteiger partial charge in [-0.05, 0) is 62.7 Å². The van der Waals surface area contributed by atoms with Crippen LogP contribution >= 0.6 is 0 Å². The number of carbonyl (C=O) groups excluding carboxylic acids is 1. The van der Waals surface area contributed by atoms with Crippen molar-refractivity contribution in [3.63, 3.8) is 0 Å². The van der Waals surface area contributed by atoms with Crippen molar-refractivity contribution in [2.45, 2.75) is 39.8 Å². The number of nitrogens with one attached hydrogen (secondary N) is 1. The molecule has 5 nitrogen and oxygen atoms in total. The van der Waals surface area contributed by atoms with E-state index in [0.29, 0.717) is 24.1 Å². The minimum atomic E-state index is -0.357. The quantitative estimate of drug-likeness (QED) is 0.623. The molecule has 1 amide bonds. The Labute approximate surface area is 171 Å². The molecule has 0 unspecified atom stereocenters. The third-order valence-electron chi connectivity index (χ3n) is 5.06. The predicted molar refractivity (Wildman–Crippen MR) is 116 cm³/mol. The van der Waals surface area contributed by atoms with Crippen molar-refractivity contribution >= 4 is 16.9 Å². The normalized spacial score (nSPS) is 11.2. The van der Waals surface area contributed by atoms with Crippen molar-refractivity contribution in [3.8, 4) is 0 Å². The van der Waals surface area contributed by atoms with E-state index in [1.54, 1.807) is 0 Å². The van der Waals surface area contributed by atoms with Gasteiger partial charge in [-0.25, -0.2) is 4.79 Å². The van der Waals surface area contributed by atoms with Gasteiger partial charge in [0.25, 0.3) is 0 Å². The van der Waals surface area contributed by atoms with E-state index in [1.165, 1.54) is 5.56 Å². The van der Waals surface area contributed by atoms with Crippen molar-refractivity contribution in [3.05, 3.63) is 80.7 Å². The topological polar surface area (TPSA) is 62.6 Å². The summed E-state index contributed by atoms with van der Waals surface area (Å²) < 4.78 is 5.46. The van der Waals surface area contributed by atoms with Crippen molar-refractivity contribution in [1.82, 2.24) is 10.2 Å². The van der Waals surface area contributed by atoms with E-state index >= 15 is 0 Å². The van der Waals surface area contributed by atoms with Crippen molar-refractivity contribution in [2.24, 2.45) is 0 Å². The number of hydrogen-bond donors (Lipinski definition) is 1.